The van der Waals surface area contributed by atoms with Gasteiger partial charge in [0.05, 0.1) is 16.9 Å². The molecule has 1 aliphatic rings. The monoisotopic (exact) mass is 580 g/mol. The fourth-order valence-electron chi connectivity index (χ4n) is 4.14. The first-order chi connectivity index (χ1) is 17.0. The normalized spacial score (nSPS) is 14.8. The number of nitro groups is 1. The van der Waals surface area contributed by atoms with E-state index < -0.39 is 33.4 Å². The van der Waals surface area contributed by atoms with Crippen LogP contribution >= 0.6 is 15.9 Å². The van der Waals surface area contributed by atoms with Gasteiger partial charge in [0.2, 0.25) is 21.8 Å². The fraction of sp³-hybridized carbons (Fsp3) is 0.417. The Labute approximate surface area is 219 Å². The largest absolute Gasteiger partial charge is 0.352 e. The molecule has 0 spiro atoms. The van der Waals surface area contributed by atoms with E-state index in [0.29, 0.717) is 0 Å². The Morgan fingerprint density at radius 2 is 1.81 bits per heavy atom. The third-order valence-corrected chi connectivity index (χ3v) is 7.81. The maximum absolute atomic E-state index is 13.5. The highest BCUT2D eigenvalue weighted by molar-refractivity contribution is 9.10. The molecular formula is C24H29BrN4O6S. The summed E-state index contributed by atoms with van der Waals surface area (Å²) in [5, 5.41) is 14.2. The third-order valence-electron chi connectivity index (χ3n) is 6.14. The van der Waals surface area contributed by atoms with Crippen molar-refractivity contribution in [1.82, 2.24) is 10.2 Å². The van der Waals surface area contributed by atoms with Crippen molar-refractivity contribution in [3.63, 3.8) is 0 Å². The molecular weight excluding hydrogens is 552 g/mol. The minimum absolute atomic E-state index is 0.00768. The molecule has 1 aliphatic carbocycles. The molecule has 1 saturated carbocycles. The van der Waals surface area contributed by atoms with Gasteiger partial charge in [0, 0.05) is 29.2 Å². The Balaban J connectivity index is 1.90. The first kappa shape index (κ1) is 27.6. The van der Waals surface area contributed by atoms with Crippen LogP contribution in [0.3, 0.4) is 0 Å². The van der Waals surface area contributed by atoms with Crippen LogP contribution in [0.4, 0.5) is 11.4 Å². The van der Waals surface area contributed by atoms with Gasteiger partial charge in [0.25, 0.3) is 5.69 Å². The minimum atomic E-state index is -3.98. The van der Waals surface area contributed by atoms with Gasteiger partial charge >= 0.3 is 0 Å². The van der Waals surface area contributed by atoms with Gasteiger partial charge in [-0.15, -0.1) is 0 Å². The molecule has 1 fully saturated rings. The van der Waals surface area contributed by atoms with Crippen LogP contribution < -0.4 is 9.62 Å². The quantitative estimate of drug-likeness (QED) is 0.337. The average molecular weight is 581 g/mol. The molecule has 194 valence electrons. The molecule has 0 aromatic heterocycles. The number of hydrogen-bond donors (Lipinski definition) is 1. The zero-order valence-corrected chi connectivity index (χ0v) is 22.5. The van der Waals surface area contributed by atoms with Gasteiger partial charge in [0.1, 0.15) is 12.6 Å². The second-order valence-corrected chi connectivity index (χ2v) is 11.7. The number of nitrogens with zero attached hydrogens (tertiary/aromatic N) is 3. The number of benzene rings is 2. The average Bonchev–Trinajstić information content (AvgIpc) is 3.34. The topological polar surface area (TPSA) is 130 Å². The molecule has 2 aromatic rings. The van der Waals surface area contributed by atoms with Crippen molar-refractivity contribution in [1.29, 1.82) is 0 Å². The number of amides is 2. The van der Waals surface area contributed by atoms with E-state index in [4.69, 9.17) is 0 Å². The highest BCUT2D eigenvalue weighted by atomic mass is 79.9. The molecule has 10 nitrogen and oxygen atoms in total. The van der Waals surface area contributed by atoms with Gasteiger partial charge in [-0.1, -0.05) is 47.0 Å². The van der Waals surface area contributed by atoms with Crippen molar-refractivity contribution in [2.75, 3.05) is 17.1 Å². The van der Waals surface area contributed by atoms with E-state index in [2.05, 4.69) is 21.2 Å². The van der Waals surface area contributed by atoms with E-state index >= 15 is 0 Å². The van der Waals surface area contributed by atoms with Crippen LogP contribution in [0.5, 0.6) is 0 Å². The molecule has 0 radical (unpaired) electrons. The number of rotatable bonds is 10. The lowest BCUT2D eigenvalue weighted by molar-refractivity contribution is -0.384. The van der Waals surface area contributed by atoms with Crippen molar-refractivity contribution in [2.24, 2.45) is 0 Å². The smallest absolute Gasteiger partial charge is 0.271 e. The zero-order valence-electron chi connectivity index (χ0n) is 20.1. The predicted octanol–water partition coefficient (Wildman–Crippen LogP) is 3.60. The molecule has 36 heavy (non-hydrogen) atoms. The highest BCUT2D eigenvalue weighted by Crippen LogP contribution is 2.24. The minimum Gasteiger partial charge on any atom is -0.352 e. The summed E-state index contributed by atoms with van der Waals surface area (Å²) in [6.45, 7) is 1.08. The Bertz CT molecular complexity index is 1220. The molecule has 12 heteroatoms. The maximum Gasteiger partial charge on any atom is 0.271 e. The number of nitrogens with one attached hydrogen (secondary N) is 1. The van der Waals surface area contributed by atoms with E-state index in [1.165, 1.54) is 23.1 Å². The predicted molar refractivity (Wildman–Crippen MR) is 140 cm³/mol. The summed E-state index contributed by atoms with van der Waals surface area (Å²) in [4.78, 5) is 38.5. The van der Waals surface area contributed by atoms with Crippen LogP contribution in [0.25, 0.3) is 0 Å². The molecule has 0 heterocycles. The van der Waals surface area contributed by atoms with Gasteiger partial charge < -0.3 is 10.2 Å². The number of hydrogen-bond acceptors (Lipinski definition) is 6. The standard InChI is InChI=1S/C24H29BrN4O6S/c1-17(24(31)26-20-6-3-4-7-20)27(15-18-10-12-19(25)13-11-18)23(30)16-28(36(2,34)35)21-8-5-9-22(14-21)29(32)33/h5,8-14,17,20H,3-4,6-7,15-16H2,1-2H3,(H,26,31). The lowest BCUT2D eigenvalue weighted by Gasteiger charge is -2.32. The Morgan fingerprint density at radius 3 is 2.39 bits per heavy atom. The molecule has 0 saturated heterocycles. The van der Waals surface area contributed by atoms with Gasteiger partial charge in [-0.2, -0.15) is 0 Å². The number of nitro benzene ring substituents is 1. The number of carbonyl (C=O) groups is 2. The lowest BCUT2D eigenvalue weighted by atomic mass is 10.1. The first-order valence-electron chi connectivity index (χ1n) is 11.5. The van der Waals surface area contributed by atoms with Crippen molar-refractivity contribution in [3.05, 3.63) is 68.7 Å². The molecule has 1 atom stereocenters. The zero-order chi connectivity index (χ0) is 26.5. The molecule has 0 aliphatic heterocycles. The SMILES string of the molecule is CC(C(=O)NC1CCCC1)N(Cc1ccc(Br)cc1)C(=O)CN(c1cccc([N+](=O)[O-])c1)S(C)(=O)=O. The Hall–Kier alpha value is -2.99. The van der Waals surface area contributed by atoms with E-state index in [-0.39, 0.29) is 29.9 Å². The summed E-state index contributed by atoms with van der Waals surface area (Å²) in [5.74, 6) is -0.919. The third kappa shape index (κ3) is 7.26. The van der Waals surface area contributed by atoms with Gasteiger partial charge in [-0.05, 0) is 43.5 Å². The van der Waals surface area contributed by atoms with Crippen LogP contribution in [0, 0.1) is 10.1 Å². The van der Waals surface area contributed by atoms with Crippen LogP contribution in [0.1, 0.15) is 38.2 Å². The second kappa shape index (κ2) is 11.8. The number of anilines is 1. The molecule has 2 amide bonds. The highest BCUT2D eigenvalue weighted by Gasteiger charge is 2.31. The van der Waals surface area contributed by atoms with Gasteiger partial charge in [-0.25, -0.2) is 8.42 Å². The summed E-state index contributed by atoms with van der Waals surface area (Å²) in [6, 6.07) is 11.5. The molecule has 0 bridgehead atoms. The van der Waals surface area contributed by atoms with Crippen LogP contribution in [-0.2, 0) is 26.2 Å². The number of carbonyl (C=O) groups excluding carboxylic acids is 2. The van der Waals surface area contributed by atoms with E-state index in [1.54, 1.807) is 19.1 Å². The number of non-ortho nitro benzene ring substituents is 1. The first-order valence-corrected chi connectivity index (χ1v) is 14.2. The summed E-state index contributed by atoms with van der Waals surface area (Å²) in [6.07, 6.45) is 4.76. The van der Waals surface area contributed by atoms with Crippen molar-refractivity contribution < 1.29 is 22.9 Å². The van der Waals surface area contributed by atoms with Crippen molar-refractivity contribution in [2.45, 2.75) is 51.2 Å². The van der Waals surface area contributed by atoms with Crippen LogP contribution in [0.2, 0.25) is 0 Å². The van der Waals surface area contributed by atoms with Crippen molar-refractivity contribution in [3.8, 4) is 0 Å². The van der Waals surface area contributed by atoms with Crippen LogP contribution in [-0.4, -0.2) is 54.9 Å². The van der Waals surface area contributed by atoms with Gasteiger partial charge in [-0.3, -0.25) is 24.0 Å². The van der Waals surface area contributed by atoms with E-state index in [0.717, 1.165) is 52.3 Å². The maximum atomic E-state index is 13.5. The Kier molecular flexibility index (Phi) is 9.07. The molecule has 1 N–H and O–H groups in total. The number of sulfonamides is 1. The molecule has 3 rings (SSSR count). The summed E-state index contributed by atoms with van der Waals surface area (Å²) >= 11 is 3.37. The molecule has 1 unspecified atom stereocenters. The summed E-state index contributed by atoms with van der Waals surface area (Å²) in [5.41, 5.74) is 0.449. The number of halogens is 1. The van der Waals surface area contributed by atoms with Gasteiger partial charge in [0.15, 0.2) is 0 Å². The van der Waals surface area contributed by atoms with E-state index in [1.807, 2.05) is 12.1 Å². The van der Waals surface area contributed by atoms with Crippen LogP contribution in [0.15, 0.2) is 53.0 Å². The van der Waals surface area contributed by atoms with Crippen molar-refractivity contribution >= 4 is 49.1 Å². The Morgan fingerprint density at radius 1 is 1.17 bits per heavy atom. The summed E-state index contributed by atoms with van der Waals surface area (Å²) in [7, 11) is -3.98. The van der Waals surface area contributed by atoms with E-state index in [9.17, 15) is 28.1 Å². The molecule has 2 aromatic carbocycles. The summed E-state index contributed by atoms with van der Waals surface area (Å²) < 4.78 is 26.9. The second-order valence-electron chi connectivity index (χ2n) is 8.86. The fourth-order valence-corrected chi connectivity index (χ4v) is 5.24. The lowest BCUT2D eigenvalue weighted by Crippen LogP contribution is -2.52.